The highest BCUT2D eigenvalue weighted by atomic mass is 35.5. The standard InChI is InChI=1S/C30H26Cl3F6N3O3S/c1-4-21(25(36)26(14(3)34)42-22(43)10-11-46-5-2)41-27(44)17-13-16(7-8-19(17)31)40-28(45)24-23(29(24,32)33)15-6-9-20(35)18(12-15)30(37,38)39/h4,6-9,12-13,23-24H,3,5,10-11H2,1-2H3,(H,40,45)(H,41,44)(H,42,43)/b21-4+,26-25-/t23-,24+/m0/s1. The average molecular weight is 729 g/mol. The number of hydrogen-bond acceptors (Lipinski definition) is 4. The largest absolute Gasteiger partial charge is 0.419 e. The minimum atomic E-state index is -5.00. The molecule has 0 bridgehead atoms. The first-order valence-electron chi connectivity index (χ1n) is 13.4. The molecule has 6 nitrogen and oxygen atoms in total. The lowest BCUT2D eigenvalue weighted by atomic mass is 10.0. The second-order valence-electron chi connectivity index (χ2n) is 9.80. The molecule has 1 saturated carbocycles. The number of thioether (sulfide) groups is 1. The van der Waals surface area contributed by atoms with E-state index in [0.29, 0.717) is 17.9 Å². The van der Waals surface area contributed by atoms with Crippen LogP contribution in [0.25, 0.3) is 0 Å². The van der Waals surface area contributed by atoms with E-state index in [1.54, 1.807) is 0 Å². The predicted octanol–water partition coefficient (Wildman–Crippen LogP) is 8.58. The lowest BCUT2D eigenvalue weighted by Gasteiger charge is -2.14. The first-order chi connectivity index (χ1) is 21.4. The molecule has 2 atom stereocenters. The molecule has 1 fully saturated rings. The maximum absolute atomic E-state index is 15.3. The van der Waals surface area contributed by atoms with E-state index in [0.717, 1.165) is 24.0 Å². The van der Waals surface area contributed by atoms with Crippen molar-refractivity contribution in [3.63, 3.8) is 0 Å². The third-order valence-electron chi connectivity index (χ3n) is 6.68. The van der Waals surface area contributed by atoms with Gasteiger partial charge in [0.05, 0.1) is 27.8 Å². The lowest BCUT2D eigenvalue weighted by Crippen LogP contribution is -2.28. The summed E-state index contributed by atoms with van der Waals surface area (Å²) in [6.07, 6.45) is -3.92. The van der Waals surface area contributed by atoms with Gasteiger partial charge >= 0.3 is 6.18 Å². The van der Waals surface area contributed by atoms with Crippen molar-refractivity contribution in [1.29, 1.82) is 0 Å². The van der Waals surface area contributed by atoms with E-state index in [4.69, 9.17) is 34.8 Å². The number of nitrogens with one attached hydrogen (secondary N) is 3. The summed E-state index contributed by atoms with van der Waals surface area (Å²) in [5, 5.41) is 6.66. The number of carbonyl (C=O) groups excluding carboxylic acids is 3. The van der Waals surface area contributed by atoms with Crippen LogP contribution >= 0.6 is 46.6 Å². The minimum absolute atomic E-state index is 0.0162. The Morgan fingerprint density at radius 3 is 2.35 bits per heavy atom. The van der Waals surface area contributed by atoms with Gasteiger partial charge in [0.15, 0.2) is 5.83 Å². The number of anilines is 1. The second-order valence-corrected chi connectivity index (χ2v) is 13.0. The normalized spacial score (nSPS) is 17.9. The second kappa shape index (κ2) is 15.2. The van der Waals surface area contributed by atoms with Gasteiger partial charge in [-0.2, -0.15) is 24.9 Å². The van der Waals surface area contributed by atoms with Gasteiger partial charge in [0.2, 0.25) is 11.8 Å². The van der Waals surface area contributed by atoms with E-state index in [-0.39, 0.29) is 28.3 Å². The van der Waals surface area contributed by atoms with Crippen LogP contribution in [0, 0.1) is 11.7 Å². The molecule has 3 amide bonds. The Morgan fingerprint density at radius 2 is 1.76 bits per heavy atom. The summed E-state index contributed by atoms with van der Waals surface area (Å²) >= 11 is 20.1. The molecule has 46 heavy (non-hydrogen) atoms. The smallest absolute Gasteiger partial charge is 0.326 e. The van der Waals surface area contributed by atoms with E-state index in [1.807, 2.05) is 6.92 Å². The number of rotatable bonds is 12. The molecule has 248 valence electrons. The van der Waals surface area contributed by atoms with Crippen molar-refractivity contribution in [2.75, 3.05) is 16.8 Å². The van der Waals surface area contributed by atoms with Crippen LogP contribution in [-0.2, 0) is 15.8 Å². The van der Waals surface area contributed by atoms with E-state index in [2.05, 4.69) is 22.5 Å². The third-order valence-corrected chi connectivity index (χ3v) is 8.85. The highest BCUT2D eigenvalue weighted by molar-refractivity contribution is 7.99. The quantitative estimate of drug-likeness (QED) is 0.0885. The molecular weight excluding hydrogens is 703 g/mol. The fraction of sp³-hybridized carbons (Fsp3) is 0.300. The molecule has 2 aromatic carbocycles. The Hall–Kier alpha value is -3.13. The summed E-state index contributed by atoms with van der Waals surface area (Å²) < 4.78 is 81.0. The van der Waals surface area contributed by atoms with Gasteiger partial charge in [0, 0.05) is 23.8 Å². The van der Waals surface area contributed by atoms with E-state index >= 15 is 4.39 Å². The summed E-state index contributed by atoms with van der Waals surface area (Å²) in [5.74, 6) is -7.84. The third kappa shape index (κ3) is 8.81. The number of amides is 3. The van der Waals surface area contributed by atoms with Crippen molar-refractivity contribution in [2.45, 2.75) is 36.7 Å². The Bertz CT molecular complexity index is 1610. The van der Waals surface area contributed by atoms with Crippen LogP contribution in [0.4, 0.5) is 32.0 Å². The molecule has 0 saturated heterocycles. The number of allylic oxidation sites excluding steroid dienone is 3. The highest BCUT2D eigenvalue weighted by Gasteiger charge is 2.67. The molecule has 3 N–H and O–H groups in total. The molecule has 0 unspecified atom stereocenters. The summed E-state index contributed by atoms with van der Waals surface area (Å²) in [6.45, 7) is 6.25. The number of benzene rings is 2. The molecule has 16 heteroatoms. The van der Waals surface area contributed by atoms with E-state index in [1.165, 1.54) is 30.8 Å². The Labute approximate surface area is 279 Å². The maximum atomic E-state index is 15.3. The van der Waals surface area contributed by atoms with Gasteiger partial charge in [-0.25, -0.2) is 13.2 Å². The van der Waals surface area contributed by atoms with Crippen LogP contribution in [0.3, 0.4) is 0 Å². The summed E-state index contributed by atoms with van der Waals surface area (Å²) in [5.41, 5.74) is -3.35. The van der Waals surface area contributed by atoms with Crippen molar-refractivity contribution in [1.82, 2.24) is 10.6 Å². The first-order valence-corrected chi connectivity index (χ1v) is 15.7. The van der Waals surface area contributed by atoms with Crippen LogP contribution in [0.5, 0.6) is 0 Å². The molecule has 2 aromatic rings. The maximum Gasteiger partial charge on any atom is 0.419 e. The molecule has 0 aliphatic heterocycles. The fourth-order valence-electron chi connectivity index (χ4n) is 4.35. The Kier molecular flexibility index (Phi) is 12.3. The lowest BCUT2D eigenvalue weighted by molar-refractivity contribution is -0.140. The molecule has 1 aliphatic rings. The monoisotopic (exact) mass is 727 g/mol. The zero-order chi connectivity index (χ0) is 34.6. The molecule has 1 aliphatic carbocycles. The summed E-state index contributed by atoms with van der Waals surface area (Å²) in [7, 11) is 0. The minimum Gasteiger partial charge on any atom is -0.326 e. The van der Waals surface area contributed by atoms with E-state index in [9.17, 15) is 36.3 Å². The van der Waals surface area contributed by atoms with Gasteiger partial charge in [-0.3, -0.25) is 14.4 Å². The molecular formula is C30H26Cl3F6N3O3S. The molecule has 0 radical (unpaired) electrons. The van der Waals surface area contributed by atoms with Crippen molar-refractivity contribution in [3.8, 4) is 0 Å². The van der Waals surface area contributed by atoms with Crippen LogP contribution in [0.1, 0.15) is 47.7 Å². The van der Waals surface area contributed by atoms with Crippen LogP contribution in [0.15, 0.2) is 72.1 Å². The molecule has 0 spiro atoms. The molecule has 0 aromatic heterocycles. The number of carbonyl (C=O) groups is 3. The van der Waals surface area contributed by atoms with Crippen molar-refractivity contribution >= 4 is 70.0 Å². The highest BCUT2D eigenvalue weighted by Crippen LogP contribution is 2.65. The van der Waals surface area contributed by atoms with E-state index < -0.39 is 74.5 Å². The fourth-order valence-corrected chi connectivity index (χ4v) is 6.00. The molecule has 3 rings (SSSR count). The van der Waals surface area contributed by atoms with Crippen LogP contribution < -0.4 is 16.0 Å². The summed E-state index contributed by atoms with van der Waals surface area (Å²) in [6, 6.07) is 5.82. The SMILES string of the molecule is C=C(F)/C(NC(=O)CCSCC)=C(F)\C(=C/C)NC(=O)c1cc(NC(=O)[C@H]2[C@H](c3ccc(F)c(C(F)(F)F)c3)C2(Cl)Cl)ccc1Cl. The number of hydrogen-bond donors (Lipinski definition) is 3. The Balaban J connectivity index is 1.79. The van der Waals surface area contributed by atoms with Gasteiger partial charge < -0.3 is 16.0 Å². The van der Waals surface area contributed by atoms with Crippen LogP contribution in [-0.4, -0.2) is 33.6 Å². The number of halogens is 9. The first kappa shape index (κ1) is 37.3. The van der Waals surface area contributed by atoms with Gasteiger partial charge in [-0.1, -0.05) is 37.2 Å². The van der Waals surface area contributed by atoms with Gasteiger partial charge in [0.1, 0.15) is 21.7 Å². The van der Waals surface area contributed by atoms with Gasteiger partial charge in [-0.05, 0) is 48.6 Å². The van der Waals surface area contributed by atoms with Crippen molar-refractivity contribution < 1.29 is 40.7 Å². The summed E-state index contributed by atoms with van der Waals surface area (Å²) in [4.78, 5) is 38.3. The van der Waals surface area contributed by atoms with Crippen molar-refractivity contribution in [2.24, 2.45) is 5.92 Å². The predicted molar refractivity (Wildman–Crippen MR) is 168 cm³/mol. The van der Waals surface area contributed by atoms with Gasteiger partial charge in [-0.15, -0.1) is 23.2 Å². The zero-order valence-corrected chi connectivity index (χ0v) is 27.1. The van der Waals surface area contributed by atoms with Gasteiger partial charge in [0.25, 0.3) is 5.91 Å². The molecule has 0 heterocycles. The average Bonchev–Trinajstić information content (AvgIpc) is 3.56. The van der Waals surface area contributed by atoms with Crippen LogP contribution in [0.2, 0.25) is 5.02 Å². The number of alkyl halides is 5. The zero-order valence-electron chi connectivity index (χ0n) is 24.1. The topological polar surface area (TPSA) is 87.3 Å². The Morgan fingerprint density at radius 1 is 1.09 bits per heavy atom. The van der Waals surface area contributed by atoms with Crippen molar-refractivity contribution in [3.05, 3.63) is 99.6 Å².